The Bertz CT molecular complexity index is 484. The van der Waals surface area contributed by atoms with Crippen LogP contribution in [0, 0.1) is 5.92 Å². The van der Waals surface area contributed by atoms with Crippen LogP contribution in [0.15, 0.2) is 18.2 Å². The topological polar surface area (TPSA) is 23.5 Å². The quantitative estimate of drug-likeness (QED) is 0.759. The van der Waals surface area contributed by atoms with Crippen molar-refractivity contribution in [3.63, 3.8) is 0 Å². The van der Waals surface area contributed by atoms with Crippen molar-refractivity contribution < 1.29 is 5.11 Å². The number of likely N-dealkylation sites (N-methyl/N-ethyl adjacent to an activating group) is 1. The highest BCUT2D eigenvalue weighted by atomic mass is 16.3. The SMILES string of the molecule is C[C@@H]1c2ccc(O)cc2[C@@]2(C)CCN(C)[C@H]1[C@H]2C. The Kier molecular flexibility index (Phi) is 2.50. The number of rotatable bonds is 0. The second-order valence-electron chi connectivity index (χ2n) is 6.49. The zero-order valence-corrected chi connectivity index (χ0v) is 11.8. The van der Waals surface area contributed by atoms with Gasteiger partial charge in [0.05, 0.1) is 0 Å². The molecule has 0 saturated carbocycles. The van der Waals surface area contributed by atoms with E-state index in [9.17, 15) is 5.11 Å². The zero-order chi connectivity index (χ0) is 13.1. The van der Waals surface area contributed by atoms with E-state index in [0.717, 1.165) is 6.54 Å². The lowest BCUT2D eigenvalue weighted by atomic mass is 9.56. The van der Waals surface area contributed by atoms with Gasteiger partial charge in [0.2, 0.25) is 0 Å². The minimum Gasteiger partial charge on any atom is -0.508 e. The highest BCUT2D eigenvalue weighted by Gasteiger charge is 2.50. The van der Waals surface area contributed by atoms with Gasteiger partial charge in [0, 0.05) is 6.04 Å². The molecule has 1 aromatic carbocycles. The summed E-state index contributed by atoms with van der Waals surface area (Å²) in [6.07, 6.45) is 1.18. The fourth-order valence-corrected chi connectivity index (χ4v) is 4.36. The molecule has 0 unspecified atom stereocenters. The van der Waals surface area contributed by atoms with Crippen LogP contribution >= 0.6 is 0 Å². The first kappa shape index (κ1) is 12.0. The van der Waals surface area contributed by atoms with E-state index in [1.807, 2.05) is 12.1 Å². The number of phenolic OH excluding ortho intramolecular Hbond substituents is 1. The fourth-order valence-electron chi connectivity index (χ4n) is 4.36. The molecule has 18 heavy (non-hydrogen) atoms. The first-order valence-corrected chi connectivity index (χ1v) is 6.99. The molecule has 2 nitrogen and oxygen atoms in total. The van der Waals surface area contributed by atoms with E-state index in [2.05, 4.69) is 38.8 Å². The van der Waals surface area contributed by atoms with Crippen molar-refractivity contribution in [2.75, 3.05) is 13.6 Å². The van der Waals surface area contributed by atoms with Crippen LogP contribution in [0.3, 0.4) is 0 Å². The number of nitrogens with zero attached hydrogens (tertiary/aromatic N) is 1. The maximum atomic E-state index is 9.81. The van der Waals surface area contributed by atoms with E-state index in [0.29, 0.717) is 23.6 Å². The predicted molar refractivity (Wildman–Crippen MR) is 74.1 cm³/mol. The molecule has 4 atom stereocenters. The lowest BCUT2D eigenvalue weighted by molar-refractivity contribution is 0.0350. The van der Waals surface area contributed by atoms with Crippen molar-refractivity contribution in [3.05, 3.63) is 29.3 Å². The smallest absolute Gasteiger partial charge is 0.115 e. The number of phenols is 1. The monoisotopic (exact) mass is 245 g/mol. The number of hydrogen-bond donors (Lipinski definition) is 1. The Labute approximate surface area is 110 Å². The summed E-state index contributed by atoms with van der Waals surface area (Å²) in [6.45, 7) is 8.25. The lowest BCUT2D eigenvalue weighted by Crippen LogP contribution is -2.57. The van der Waals surface area contributed by atoms with Gasteiger partial charge in [-0.2, -0.15) is 0 Å². The number of aromatic hydroxyl groups is 1. The number of fused-ring (bicyclic) bond motifs is 4. The Morgan fingerprint density at radius 3 is 2.78 bits per heavy atom. The molecule has 1 fully saturated rings. The molecular weight excluding hydrogens is 222 g/mol. The average molecular weight is 245 g/mol. The van der Waals surface area contributed by atoms with Crippen molar-refractivity contribution in [1.82, 2.24) is 4.90 Å². The Morgan fingerprint density at radius 1 is 1.33 bits per heavy atom. The number of likely N-dealkylation sites (tertiary alicyclic amines) is 1. The van der Waals surface area contributed by atoms with E-state index < -0.39 is 0 Å². The molecule has 98 valence electrons. The molecule has 1 aromatic rings. The van der Waals surface area contributed by atoms with E-state index in [4.69, 9.17) is 0 Å². The number of piperidine rings is 1. The van der Waals surface area contributed by atoms with Gasteiger partial charge in [-0.3, -0.25) is 0 Å². The number of hydrogen-bond acceptors (Lipinski definition) is 2. The first-order valence-electron chi connectivity index (χ1n) is 6.99. The molecule has 0 spiro atoms. The molecule has 0 radical (unpaired) electrons. The van der Waals surface area contributed by atoms with Gasteiger partial charge in [0.1, 0.15) is 5.75 Å². The Morgan fingerprint density at radius 2 is 2.06 bits per heavy atom. The third-order valence-electron chi connectivity index (χ3n) is 5.67. The van der Waals surface area contributed by atoms with Crippen molar-refractivity contribution in [2.24, 2.45) is 5.92 Å². The van der Waals surface area contributed by atoms with Gasteiger partial charge in [0.15, 0.2) is 0 Å². The predicted octanol–water partition coefficient (Wildman–Crippen LogP) is 3.11. The van der Waals surface area contributed by atoms with Gasteiger partial charge in [-0.25, -0.2) is 0 Å². The van der Waals surface area contributed by atoms with Crippen LogP contribution in [0.5, 0.6) is 5.75 Å². The highest BCUT2D eigenvalue weighted by Crippen LogP contribution is 2.52. The van der Waals surface area contributed by atoms with E-state index >= 15 is 0 Å². The summed E-state index contributed by atoms with van der Waals surface area (Å²) in [6, 6.07) is 6.60. The summed E-state index contributed by atoms with van der Waals surface area (Å²) < 4.78 is 0. The van der Waals surface area contributed by atoms with Crippen molar-refractivity contribution in [3.8, 4) is 5.75 Å². The van der Waals surface area contributed by atoms with E-state index in [-0.39, 0.29) is 5.41 Å². The maximum Gasteiger partial charge on any atom is 0.115 e. The van der Waals surface area contributed by atoms with Gasteiger partial charge < -0.3 is 10.0 Å². The lowest BCUT2D eigenvalue weighted by Gasteiger charge is -2.56. The minimum absolute atomic E-state index is 0.220. The normalized spacial score (nSPS) is 39.4. The van der Waals surface area contributed by atoms with Crippen LogP contribution in [0.2, 0.25) is 0 Å². The third-order valence-corrected chi connectivity index (χ3v) is 5.67. The third kappa shape index (κ3) is 1.38. The van der Waals surface area contributed by atoms with Gasteiger partial charge in [0.25, 0.3) is 0 Å². The molecule has 3 rings (SSSR count). The molecule has 1 saturated heterocycles. The standard InChI is InChI=1S/C16H23NO/c1-10-13-6-5-12(18)9-14(13)16(3)7-8-17(4)15(10)11(16)2/h5-6,9-11,15,18H,7-8H2,1-4H3/t10-,11-,15-,16+/m1/s1. The van der Waals surface area contributed by atoms with Crippen molar-refractivity contribution >= 4 is 0 Å². The second kappa shape index (κ2) is 3.74. The molecule has 2 aliphatic rings. The molecule has 1 aliphatic heterocycles. The first-order chi connectivity index (χ1) is 8.45. The summed E-state index contributed by atoms with van der Waals surface area (Å²) in [5, 5.41) is 9.81. The molecule has 1 N–H and O–H groups in total. The van der Waals surface area contributed by atoms with Gasteiger partial charge >= 0.3 is 0 Å². The number of benzene rings is 1. The van der Waals surface area contributed by atoms with Crippen LogP contribution in [-0.4, -0.2) is 29.6 Å². The average Bonchev–Trinajstić information content (AvgIpc) is 2.33. The van der Waals surface area contributed by atoms with Gasteiger partial charge in [-0.1, -0.05) is 26.8 Å². The van der Waals surface area contributed by atoms with E-state index in [1.54, 1.807) is 0 Å². The van der Waals surface area contributed by atoms with Crippen LogP contribution in [-0.2, 0) is 5.41 Å². The van der Waals surface area contributed by atoms with Gasteiger partial charge in [-0.05, 0) is 60.5 Å². The molecule has 0 amide bonds. The molecule has 2 heteroatoms. The summed E-state index contributed by atoms with van der Waals surface area (Å²) in [5.74, 6) is 1.60. The summed E-state index contributed by atoms with van der Waals surface area (Å²) in [4.78, 5) is 2.52. The molecule has 2 bridgehead atoms. The Balaban J connectivity index is 2.22. The summed E-state index contributed by atoms with van der Waals surface area (Å²) >= 11 is 0. The fraction of sp³-hybridized carbons (Fsp3) is 0.625. The molecular formula is C16H23NO. The second-order valence-corrected chi connectivity index (χ2v) is 6.49. The molecule has 1 aliphatic carbocycles. The molecule has 0 aromatic heterocycles. The Hall–Kier alpha value is -1.02. The maximum absolute atomic E-state index is 9.81. The van der Waals surface area contributed by atoms with Crippen LogP contribution in [0.1, 0.15) is 44.2 Å². The van der Waals surface area contributed by atoms with Crippen LogP contribution in [0.25, 0.3) is 0 Å². The molecule has 1 heterocycles. The highest BCUT2D eigenvalue weighted by molar-refractivity contribution is 5.46. The summed E-state index contributed by atoms with van der Waals surface area (Å²) in [7, 11) is 2.25. The van der Waals surface area contributed by atoms with Crippen molar-refractivity contribution in [1.29, 1.82) is 0 Å². The van der Waals surface area contributed by atoms with Crippen LogP contribution < -0.4 is 0 Å². The summed E-state index contributed by atoms with van der Waals surface area (Å²) in [5.41, 5.74) is 3.04. The van der Waals surface area contributed by atoms with E-state index in [1.165, 1.54) is 17.5 Å². The minimum atomic E-state index is 0.220. The van der Waals surface area contributed by atoms with Crippen LogP contribution in [0.4, 0.5) is 0 Å². The van der Waals surface area contributed by atoms with Gasteiger partial charge in [-0.15, -0.1) is 0 Å². The van der Waals surface area contributed by atoms with Crippen molar-refractivity contribution in [2.45, 2.75) is 44.6 Å². The zero-order valence-electron chi connectivity index (χ0n) is 11.8. The largest absolute Gasteiger partial charge is 0.508 e.